The van der Waals surface area contributed by atoms with Crippen molar-refractivity contribution in [1.29, 1.82) is 0 Å². The van der Waals surface area contributed by atoms with Crippen LogP contribution in [-0.2, 0) is 10.3 Å². The van der Waals surface area contributed by atoms with E-state index in [0.717, 1.165) is 11.4 Å². The zero-order valence-electron chi connectivity index (χ0n) is 12.2. The summed E-state index contributed by atoms with van der Waals surface area (Å²) in [5, 5.41) is 14.7. The predicted molar refractivity (Wildman–Crippen MR) is 83.5 cm³/mol. The number of carboxylic acid groups (broad SMARTS) is 1. The van der Waals surface area contributed by atoms with Crippen molar-refractivity contribution in [3.8, 4) is 0 Å². The highest BCUT2D eigenvalue weighted by Crippen LogP contribution is 2.32. The maximum atomic E-state index is 12.6. The molecule has 116 valence electrons. The zero-order valence-corrected chi connectivity index (χ0v) is 13.8. The number of nitrogens with one attached hydrogen (secondary N) is 1. The van der Waals surface area contributed by atoms with E-state index in [1.54, 1.807) is 6.20 Å². The molecule has 6 nitrogen and oxygen atoms in total. The fraction of sp³-hybridized carbons (Fsp3) is 0.615. The molecule has 1 aliphatic rings. The van der Waals surface area contributed by atoms with Crippen LogP contribution >= 0.6 is 23.1 Å². The molecule has 2 unspecified atom stereocenters. The second kappa shape index (κ2) is 6.23. The number of aromatic nitrogens is 1. The first-order valence-electron chi connectivity index (χ1n) is 6.71. The number of aliphatic carboxylic acids is 1. The summed E-state index contributed by atoms with van der Waals surface area (Å²) in [5.41, 5.74) is -0.625. The van der Waals surface area contributed by atoms with Crippen molar-refractivity contribution in [3.63, 3.8) is 0 Å². The van der Waals surface area contributed by atoms with Crippen molar-refractivity contribution >= 4 is 35.1 Å². The van der Waals surface area contributed by atoms with E-state index in [1.165, 1.54) is 28.0 Å². The van der Waals surface area contributed by atoms with E-state index in [-0.39, 0.29) is 11.4 Å². The van der Waals surface area contributed by atoms with Gasteiger partial charge in [0.15, 0.2) is 0 Å². The Hall–Kier alpha value is -1.28. The number of carbonyl (C=O) groups excluding carboxylic acids is 1. The van der Waals surface area contributed by atoms with Gasteiger partial charge < -0.3 is 10.4 Å². The molecule has 1 aromatic rings. The highest BCUT2D eigenvalue weighted by Gasteiger charge is 2.42. The Morgan fingerprint density at radius 2 is 2.29 bits per heavy atom. The minimum absolute atomic E-state index is 0.0989. The van der Waals surface area contributed by atoms with E-state index in [4.69, 9.17) is 0 Å². The molecule has 1 fully saturated rings. The molecular weight excluding hydrogens is 310 g/mol. The summed E-state index contributed by atoms with van der Waals surface area (Å²) in [4.78, 5) is 29.6. The van der Waals surface area contributed by atoms with Crippen LogP contribution in [0.3, 0.4) is 0 Å². The lowest BCUT2D eigenvalue weighted by molar-refractivity contribution is -0.141. The predicted octanol–water partition coefficient (Wildman–Crippen LogP) is 2.33. The molecule has 0 radical (unpaired) electrons. The van der Waals surface area contributed by atoms with Crippen molar-refractivity contribution < 1.29 is 14.7 Å². The van der Waals surface area contributed by atoms with Gasteiger partial charge in [-0.2, -0.15) is 0 Å². The topological polar surface area (TPSA) is 82.5 Å². The molecule has 8 heteroatoms. The first-order chi connectivity index (χ1) is 9.86. The molecule has 2 atom stereocenters. The van der Waals surface area contributed by atoms with Crippen LogP contribution in [0.1, 0.15) is 32.2 Å². The average Bonchev–Trinajstić information content (AvgIpc) is 3.07. The molecule has 21 heavy (non-hydrogen) atoms. The first-order valence-corrected chi connectivity index (χ1v) is 8.64. The smallest absolute Gasteiger partial charge is 0.327 e. The maximum absolute atomic E-state index is 12.6. The van der Waals surface area contributed by atoms with E-state index in [2.05, 4.69) is 10.3 Å². The SMILES string of the molecule is CCC1SCC(C(=O)O)N1C(=O)NC(C)(C)c1nccs1. The number of thioether (sulfide) groups is 1. The largest absolute Gasteiger partial charge is 0.480 e. The third-order valence-corrected chi connectivity index (χ3v) is 5.90. The lowest BCUT2D eigenvalue weighted by atomic mass is 10.1. The Bertz CT molecular complexity index is 519. The molecule has 1 aliphatic heterocycles. The van der Waals surface area contributed by atoms with Crippen LogP contribution < -0.4 is 5.32 Å². The molecular formula is C13H19N3O3S2. The summed E-state index contributed by atoms with van der Waals surface area (Å²) in [6.45, 7) is 5.68. The molecule has 0 spiro atoms. The maximum Gasteiger partial charge on any atom is 0.327 e. The molecule has 1 aromatic heterocycles. The second-order valence-electron chi connectivity index (χ2n) is 5.35. The molecule has 2 amide bonds. The van der Waals surface area contributed by atoms with Crippen LogP contribution in [0.15, 0.2) is 11.6 Å². The van der Waals surface area contributed by atoms with Crippen molar-refractivity contribution in [2.75, 3.05) is 5.75 Å². The monoisotopic (exact) mass is 329 g/mol. The molecule has 0 saturated carbocycles. The first kappa shape index (κ1) is 16.1. The van der Waals surface area contributed by atoms with Crippen LogP contribution in [0.25, 0.3) is 0 Å². The van der Waals surface area contributed by atoms with E-state index in [9.17, 15) is 14.7 Å². The van der Waals surface area contributed by atoms with Gasteiger partial charge in [0, 0.05) is 17.3 Å². The Morgan fingerprint density at radius 1 is 1.57 bits per heavy atom. The third-order valence-electron chi connectivity index (χ3n) is 3.35. The van der Waals surface area contributed by atoms with Crippen molar-refractivity contribution in [2.45, 2.75) is 44.1 Å². The highest BCUT2D eigenvalue weighted by molar-refractivity contribution is 8.00. The number of amides is 2. The molecule has 0 aromatic carbocycles. The van der Waals surface area contributed by atoms with Crippen LogP contribution in [0.5, 0.6) is 0 Å². The fourth-order valence-electron chi connectivity index (χ4n) is 2.26. The van der Waals surface area contributed by atoms with Gasteiger partial charge >= 0.3 is 12.0 Å². The summed E-state index contributed by atoms with van der Waals surface area (Å²) in [6, 6.07) is -1.12. The van der Waals surface area contributed by atoms with Gasteiger partial charge in [-0.3, -0.25) is 4.90 Å². The number of urea groups is 1. The Kier molecular flexibility index (Phi) is 4.77. The number of carbonyl (C=O) groups is 2. The van der Waals surface area contributed by atoms with Gasteiger partial charge in [0.2, 0.25) is 0 Å². The van der Waals surface area contributed by atoms with Crippen LogP contribution in [0.4, 0.5) is 4.79 Å². The van der Waals surface area contributed by atoms with Crippen LogP contribution in [-0.4, -0.2) is 44.2 Å². The van der Waals surface area contributed by atoms with E-state index in [0.29, 0.717) is 5.75 Å². The number of hydrogen-bond acceptors (Lipinski definition) is 5. The van der Waals surface area contributed by atoms with Crippen LogP contribution in [0.2, 0.25) is 0 Å². The van der Waals surface area contributed by atoms with Gasteiger partial charge in [-0.05, 0) is 20.3 Å². The quantitative estimate of drug-likeness (QED) is 0.886. The minimum atomic E-state index is -0.958. The van der Waals surface area contributed by atoms with Gasteiger partial charge in [0.05, 0.1) is 10.9 Å². The van der Waals surface area contributed by atoms with Crippen molar-refractivity contribution in [1.82, 2.24) is 15.2 Å². The summed E-state index contributed by atoms with van der Waals surface area (Å²) in [5.74, 6) is -0.528. The highest BCUT2D eigenvalue weighted by atomic mass is 32.2. The molecule has 1 saturated heterocycles. The lowest BCUT2D eigenvalue weighted by Gasteiger charge is -2.32. The van der Waals surface area contributed by atoms with Gasteiger partial charge in [-0.25, -0.2) is 14.6 Å². The van der Waals surface area contributed by atoms with Gasteiger partial charge in [-0.1, -0.05) is 6.92 Å². The Morgan fingerprint density at radius 3 is 2.81 bits per heavy atom. The molecule has 0 aliphatic carbocycles. The molecule has 2 rings (SSSR count). The van der Waals surface area contributed by atoms with E-state index >= 15 is 0 Å². The number of nitrogens with zero attached hydrogens (tertiary/aromatic N) is 2. The fourth-order valence-corrected chi connectivity index (χ4v) is 4.32. The average molecular weight is 329 g/mol. The number of carboxylic acids is 1. The standard InChI is InChI=1S/C13H19N3O3S2/c1-4-9-16(8(7-21-9)10(17)18)12(19)15-13(2,3)11-14-5-6-20-11/h5-6,8-9H,4,7H2,1-3H3,(H,15,19)(H,17,18). The summed E-state index contributed by atoms with van der Waals surface area (Å²) in [6.07, 6.45) is 2.41. The van der Waals surface area contributed by atoms with Crippen molar-refractivity contribution in [3.05, 3.63) is 16.6 Å². The summed E-state index contributed by atoms with van der Waals surface area (Å²) >= 11 is 2.97. The Balaban J connectivity index is 2.15. The van der Waals surface area contributed by atoms with E-state index in [1.807, 2.05) is 26.2 Å². The second-order valence-corrected chi connectivity index (χ2v) is 7.46. The number of rotatable bonds is 4. The molecule has 2 heterocycles. The number of thiazole rings is 1. The summed E-state index contributed by atoms with van der Waals surface area (Å²) in [7, 11) is 0. The minimum Gasteiger partial charge on any atom is -0.480 e. The summed E-state index contributed by atoms with van der Waals surface area (Å²) < 4.78 is 0. The third kappa shape index (κ3) is 3.32. The number of hydrogen-bond donors (Lipinski definition) is 2. The van der Waals surface area contributed by atoms with Gasteiger partial charge in [0.1, 0.15) is 11.0 Å². The van der Waals surface area contributed by atoms with Gasteiger partial charge in [0.25, 0.3) is 0 Å². The van der Waals surface area contributed by atoms with Gasteiger partial charge in [-0.15, -0.1) is 23.1 Å². The Labute approximate surface area is 131 Å². The molecule has 0 bridgehead atoms. The van der Waals surface area contributed by atoms with Crippen molar-refractivity contribution in [2.24, 2.45) is 0 Å². The lowest BCUT2D eigenvalue weighted by Crippen LogP contribution is -2.54. The normalized spacial score (nSPS) is 22.3. The zero-order chi connectivity index (χ0) is 15.6. The van der Waals surface area contributed by atoms with E-state index < -0.39 is 17.6 Å². The molecule has 2 N–H and O–H groups in total. The van der Waals surface area contributed by atoms with Crippen LogP contribution in [0, 0.1) is 0 Å².